The van der Waals surface area contributed by atoms with Crippen LogP contribution in [-0.2, 0) is 5.54 Å². The molecule has 0 bridgehead atoms. The van der Waals surface area contributed by atoms with Crippen LogP contribution in [0.1, 0.15) is 52.2 Å². The number of aryl methyl sites for hydroxylation is 1. The minimum absolute atomic E-state index is 0.134. The Kier molecular flexibility index (Phi) is 4.89. The average molecular weight is 383 g/mol. The number of amides is 1. The first-order valence-electron chi connectivity index (χ1n) is 10.0. The van der Waals surface area contributed by atoms with Crippen LogP contribution in [0.3, 0.4) is 0 Å². The van der Waals surface area contributed by atoms with Gasteiger partial charge in [-0.25, -0.2) is 0 Å². The van der Waals surface area contributed by atoms with Gasteiger partial charge in [-0.15, -0.1) is 11.3 Å². The topological polar surface area (TPSA) is 23.6 Å². The van der Waals surface area contributed by atoms with E-state index in [0.717, 1.165) is 24.4 Å². The van der Waals surface area contributed by atoms with Gasteiger partial charge in [0.05, 0.1) is 4.88 Å². The fourth-order valence-corrected chi connectivity index (χ4v) is 5.99. The molecular formula is C23H30N2OS. The molecule has 2 aromatic rings. The third-order valence-electron chi connectivity index (χ3n) is 6.98. The summed E-state index contributed by atoms with van der Waals surface area (Å²) in [6, 6.07) is 15.0. The van der Waals surface area contributed by atoms with Gasteiger partial charge in [0.15, 0.2) is 0 Å². The Hall–Kier alpha value is -1.65. The number of benzene rings is 1. The van der Waals surface area contributed by atoms with Crippen molar-refractivity contribution in [2.75, 3.05) is 27.2 Å². The van der Waals surface area contributed by atoms with Gasteiger partial charge in [-0.05, 0) is 76.2 Å². The van der Waals surface area contributed by atoms with Crippen LogP contribution >= 0.6 is 11.3 Å². The van der Waals surface area contributed by atoms with Gasteiger partial charge in [-0.1, -0.05) is 30.3 Å². The minimum atomic E-state index is 0.134. The SMILES string of the molecule is Cc1ccc(C(=O)N2CCC3(CCC(c4ccccc4)(N(C)C)CC3)C2)s1. The van der Waals surface area contributed by atoms with Crippen LogP contribution < -0.4 is 0 Å². The molecule has 1 amide bonds. The number of carbonyl (C=O) groups excluding carboxylic acids is 1. The minimum Gasteiger partial charge on any atom is -0.337 e. The summed E-state index contributed by atoms with van der Waals surface area (Å²) in [7, 11) is 4.43. The molecular weight excluding hydrogens is 352 g/mol. The van der Waals surface area contributed by atoms with Crippen molar-refractivity contribution in [1.29, 1.82) is 0 Å². The zero-order valence-electron chi connectivity index (χ0n) is 16.7. The molecule has 4 rings (SSSR count). The summed E-state index contributed by atoms with van der Waals surface area (Å²) in [6.45, 7) is 3.91. The Morgan fingerprint density at radius 3 is 2.30 bits per heavy atom. The molecule has 2 heterocycles. The van der Waals surface area contributed by atoms with Gasteiger partial charge in [0.1, 0.15) is 0 Å². The largest absolute Gasteiger partial charge is 0.337 e. The Bertz CT molecular complexity index is 803. The van der Waals surface area contributed by atoms with Crippen molar-refractivity contribution in [1.82, 2.24) is 9.80 Å². The van der Waals surface area contributed by atoms with E-state index in [9.17, 15) is 4.79 Å². The predicted octanol–water partition coefficient (Wildman–Crippen LogP) is 4.92. The molecule has 1 saturated carbocycles. The van der Waals surface area contributed by atoms with Crippen molar-refractivity contribution >= 4 is 17.2 Å². The molecule has 2 fully saturated rings. The van der Waals surface area contributed by atoms with Crippen LogP contribution in [0.4, 0.5) is 0 Å². The Morgan fingerprint density at radius 1 is 1.00 bits per heavy atom. The number of nitrogens with zero attached hydrogens (tertiary/aromatic N) is 2. The second-order valence-corrected chi connectivity index (χ2v) is 9.97. The lowest BCUT2D eigenvalue weighted by Gasteiger charge is -2.49. The molecule has 0 radical (unpaired) electrons. The first-order chi connectivity index (χ1) is 12.9. The van der Waals surface area contributed by atoms with Gasteiger partial charge in [-0.2, -0.15) is 0 Å². The summed E-state index contributed by atoms with van der Waals surface area (Å²) in [5.41, 5.74) is 1.88. The van der Waals surface area contributed by atoms with Crippen LogP contribution in [0.25, 0.3) is 0 Å². The Balaban J connectivity index is 1.48. The number of likely N-dealkylation sites (tertiary alicyclic amines) is 1. The van der Waals surface area contributed by atoms with E-state index in [1.807, 2.05) is 6.07 Å². The zero-order valence-corrected chi connectivity index (χ0v) is 17.5. The molecule has 144 valence electrons. The van der Waals surface area contributed by atoms with Crippen molar-refractivity contribution < 1.29 is 4.79 Å². The van der Waals surface area contributed by atoms with Crippen molar-refractivity contribution in [2.45, 2.75) is 44.6 Å². The second kappa shape index (κ2) is 7.06. The highest BCUT2D eigenvalue weighted by Gasteiger charge is 2.48. The van der Waals surface area contributed by atoms with E-state index in [4.69, 9.17) is 0 Å². The van der Waals surface area contributed by atoms with Crippen molar-refractivity contribution in [3.8, 4) is 0 Å². The predicted molar refractivity (Wildman–Crippen MR) is 112 cm³/mol. The molecule has 1 spiro atoms. The molecule has 1 saturated heterocycles. The molecule has 1 aliphatic carbocycles. The molecule has 0 unspecified atom stereocenters. The summed E-state index contributed by atoms with van der Waals surface area (Å²) in [6.07, 6.45) is 5.90. The molecule has 1 aliphatic heterocycles. The van der Waals surface area contributed by atoms with E-state index < -0.39 is 0 Å². The molecule has 27 heavy (non-hydrogen) atoms. The van der Waals surface area contributed by atoms with Gasteiger partial charge in [0.2, 0.25) is 0 Å². The Morgan fingerprint density at radius 2 is 1.70 bits per heavy atom. The highest BCUT2D eigenvalue weighted by molar-refractivity contribution is 7.13. The summed E-state index contributed by atoms with van der Waals surface area (Å²) < 4.78 is 0. The van der Waals surface area contributed by atoms with Crippen LogP contribution in [0.2, 0.25) is 0 Å². The van der Waals surface area contributed by atoms with E-state index in [2.05, 4.69) is 67.2 Å². The molecule has 1 aromatic heterocycles. The molecule has 1 aromatic carbocycles. The second-order valence-electron chi connectivity index (χ2n) is 8.68. The van der Waals surface area contributed by atoms with Gasteiger partial charge in [0, 0.05) is 23.5 Å². The lowest BCUT2D eigenvalue weighted by Crippen LogP contribution is -2.47. The number of hydrogen-bond donors (Lipinski definition) is 0. The van der Waals surface area contributed by atoms with Crippen LogP contribution in [0.5, 0.6) is 0 Å². The van der Waals surface area contributed by atoms with Gasteiger partial charge < -0.3 is 4.90 Å². The normalized spacial score (nSPS) is 28.2. The maximum atomic E-state index is 12.9. The number of carbonyl (C=O) groups is 1. The van der Waals surface area contributed by atoms with E-state index in [-0.39, 0.29) is 11.4 Å². The number of rotatable bonds is 3. The third-order valence-corrected chi connectivity index (χ3v) is 7.97. The van der Waals surface area contributed by atoms with E-state index in [1.54, 1.807) is 11.3 Å². The zero-order chi connectivity index (χ0) is 19.1. The van der Waals surface area contributed by atoms with Crippen LogP contribution in [0, 0.1) is 12.3 Å². The van der Waals surface area contributed by atoms with Gasteiger partial charge in [-0.3, -0.25) is 9.69 Å². The summed E-state index contributed by atoms with van der Waals surface area (Å²) in [5.74, 6) is 0.234. The number of thiophene rings is 1. The maximum absolute atomic E-state index is 12.9. The quantitative estimate of drug-likeness (QED) is 0.752. The highest BCUT2D eigenvalue weighted by atomic mass is 32.1. The van der Waals surface area contributed by atoms with Crippen molar-refractivity contribution in [3.05, 3.63) is 57.8 Å². The van der Waals surface area contributed by atoms with E-state index in [0.29, 0.717) is 5.41 Å². The van der Waals surface area contributed by atoms with Gasteiger partial charge >= 0.3 is 0 Å². The molecule has 3 nitrogen and oxygen atoms in total. The highest BCUT2D eigenvalue weighted by Crippen LogP contribution is 2.51. The average Bonchev–Trinajstić information content (AvgIpc) is 3.30. The molecule has 0 N–H and O–H groups in total. The lowest BCUT2D eigenvalue weighted by molar-refractivity contribution is 0.0370. The molecule has 2 aliphatic rings. The lowest BCUT2D eigenvalue weighted by atomic mass is 9.64. The van der Waals surface area contributed by atoms with Crippen molar-refractivity contribution in [3.63, 3.8) is 0 Å². The fraction of sp³-hybridized carbons (Fsp3) is 0.522. The van der Waals surface area contributed by atoms with Crippen LogP contribution in [0.15, 0.2) is 42.5 Å². The molecule has 0 atom stereocenters. The Labute approximate surface area is 167 Å². The third kappa shape index (κ3) is 3.34. The van der Waals surface area contributed by atoms with E-state index in [1.165, 1.54) is 36.1 Å². The smallest absolute Gasteiger partial charge is 0.263 e. The van der Waals surface area contributed by atoms with Gasteiger partial charge in [0.25, 0.3) is 5.91 Å². The van der Waals surface area contributed by atoms with E-state index >= 15 is 0 Å². The first-order valence-corrected chi connectivity index (χ1v) is 10.8. The standard InChI is InChI=1S/C23H30N2OS/c1-18-9-10-20(27-18)21(26)25-16-15-22(17-25)11-13-23(14-12-22,24(2)3)19-7-5-4-6-8-19/h4-10H,11-17H2,1-3H3. The van der Waals surface area contributed by atoms with Crippen LogP contribution in [-0.4, -0.2) is 42.9 Å². The molecule has 4 heteroatoms. The monoisotopic (exact) mass is 382 g/mol. The first kappa shape index (κ1) is 18.7. The number of hydrogen-bond acceptors (Lipinski definition) is 3. The summed E-state index contributed by atoms with van der Waals surface area (Å²) in [4.78, 5) is 19.5. The van der Waals surface area contributed by atoms with Crippen molar-refractivity contribution in [2.24, 2.45) is 5.41 Å². The summed E-state index contributed by atoms with van der Waals surface area (Å²) in [5, 5.41) is 0. The fourth-order valence-electron chi connectivity index (χ4n) is 5.16. The summed E-state index contributed by atoms with van der Waals surface area (Å²) >= 11 is 1.62. The maximum Gasteiger partial charge on any atom is 0.263 e.